The van der Waals surface area contributed by atoms with Gasteiger partial charge in [0.15, 0.2) is 0 Å². The van der Waals surface area contributed by atoms with Gasteiger partial charge in [-0.25, -0.2) is 4.39 Å². The standard InChI is InChI=1S/C17H18ClFN2OS/c18-13-3-4-15(16(19)12-13)17(22)21-9-7-20(8-10-21)6-5-14-2-1-11-23-14/h1-4,11-12H,5-10H2. The van der Waals surface area contributed by atoms with E-state index in [9.17, 15) is 9.18 Å². The van der Waals surface area contributed by atoms with Crippen LogP contribution in [0.25, 0.3) is 0 Å². The van der Waals surface area contributed by atoms with Crippen LogP contribution >= 0.6 is 22.9 Å². The molecule has 0 aliphatic carbocycles. The largest absolute Gasteiger partial charge is 0.336 e. The van der Waals surface area contributed by atoms with Crippen LogP contribution in [0.15, 0.2) is 35.7 Å². The maximum atomic E-state index is 13.9. The van der Waals surface area contributed by atoms with Crippen LogP contribution in [0.2, 0.25) is 5.02 Å². The fourth-order valence-corrected chi connectivity index (χ4v) is 3.59. The van der Waals surface area contributed by atoms with E-state index < -0.39 is 5.82 Å². The fraction of sp³-hybridized carbons (Fsp3) is 0.353. The van der Waals surface area contributed by atoms with Gasteiger partial charge in [-0.15, -0.1) is 11.3 Å². The van der Waals surface area contributed by atoms with Crippen LogP contribution < -0.4 is 0 Å². The molecule has 1 fully saturated rings. The van der Waals surface area contributed by atoms with Crippen LogP contribution in [0, 0.1) is 5.82 Å². The van der Waals surface area contributed by atoms with Gasteiger partial charge in [0.2, 0.25) is 0 Å². The average molecular weight is 353 g/mol. The molecule has 1 saturated heterocycles. The molecule has 23 heavy (non-hydrogen) atoms. The molecule has 0 N–H and O–H groups in total. The van der Waals surface area contributed by atoms with Crippen LogP contribution in [0.1, 0.15) is 15.2 Å². The number of piperazine rings is 1. The number of thiophene rings is 1. The number of nitrogens with zero attached hydrogens (tertiary/aromatic N) is 2. The molecule has 3 rings (SSSR count). The lowest BCUT2D eigenvalue weighted by molar-refractivity contribution is 0.0634. The molecule has 1 aliphatic rings. The first-order valence-electron chi connectivity index (χ1n) is 7.62. The Morgan fingerprint density at radius 2 is 2.00 bits per heavy atom. The van der Waals surface area contributed by atoms with Crippen molar-refractivity contribution >= 4 is 28.8 Å². The highest BCUT2D eigenvalue weighted by Crippen LogP contribution is 2.17. The van der Waals surface area contributed by atoms with Crippen molar-refractivity contribution in [3.8, 4) is 0 Å². The number of amides is 1. The number of carbonyl (C=O) groups excluding carboxylic acids is 1. The number of rotatable bonds is 4. The molecule has 0 spiro atoms. The molecule has 1 aromatic heterocycles. The zero-order valence-corrected chi connectivity index (χ0v) is 14.2. The third-order valence-corrected chi connectivity index (χ3v) is 5.25. The minimum atomic E-state index is -0.553. The van der Waals surface area contributed by atoms with Gasteiger partial charge < -0.3 is 4.90 Å². The lowest BCUT2D eigenvalue weighted by atomic mass is 10.1. The highest BCUT2D eigenvalue weighted by atomic mass is 35.5. The van der Waals surface area contributed by atoms with Gasteiger partial charge in [-0.05, 0) is 36.1 Å². The zero-order valence-electron chi connectivity index (χ0n) is 12.7. The van der Waals surface area contributed by atoms with Crippen molar-refractivity contribution in [2.75, 3.05) is 32.7 Å². The molecule has 2 heterocycles. The average Bonchev–Trinajstić information content (AvgIpc) is 3.06. The predicted octanol–water partition coefficient (Wildman–Crippen LogP) is 3.54. The van der Waals surface area contributed by atoms with Crippen molar-refractivity contribution in [2.45, 2.75) is 6.42 Å². The monoisotopic (exact) mass is 352 g/mol. The molecule has 3 nitrogen and oxygen atoms in total. The van der Waals surface area contributed by atoms with Crippen LogP contribution in [0.4, 0.5) is 4.39 Å². The quantitative estimate of drug-likeness (QED) is 0.840. The highest BCUT2D eigenvalue weighted by Gasteiger charge is 2.24. The Bertz CT molecular complexity index is 669. The van der Waals surface area contributed by atoms with Gasteiger partial charge in [-0.3, -0.25) is 9.69 Å². The summed E-state index contributed by atoms with van der Waals surface area (Å²) in [4.78, 5) is 17.9. The van der Waals surface area contributed by atoms with Gasteiger partial charge >= 0.3 is 0 Å². The molecule has 0 atom stereocenters. The van der Waals surface area contributed by atoms with E-state index in [4.69, 9.17) is 11.6 Å². The van der Waals surface area contributed by atoms with Crippen molar-refractivity contribution in [3.05, 3.63) is 57.0 Å². The van der Waals surface area contributed by atoms with E-state index in [0.717, 1.165) is 26.1 Å². The second kappa shape index (κ2) is 7.43. The van der Waals surface area contributed by atoms with Gasteiger partial charge in [0.25, 0.3) is 5.91 Å². The van der Waals surface area contributed by atoms with Crippen molar-refractivity contribution < 1.29 is 9.18 Å². The summed E-state index contributed by atoms with van der Waals surface area (Å²) in [5, 5.41) is 2.39. The normalized spacial score (nSPS) is 15.8. The van der Waals surface area contributed by atoms with Crippen LogP contribution in [0.3, 0.4) is 0 Å². The summed E-state index contributed by atoms with van der Waals surface area (Å²) in [6.45, 7) is 3.91. The highest BCUT2D eigenvalue weighted by molar-refractivity contribution is 7.09. The third kappa shape index (κ3) is 4.10. The molecule has 6 heteroatoms. The molecule has 0 radical (unpaired) electrons. The Hall–Kier alpha value is -1.43. The number of benzene rings is 1. The van der Waals surface area contributed by atoms with Crippen molar-refractivity contribution in [1.29, 1.82) is 0 Å². The first-order valence-corrected chi connectivity index (χ1v) is 8.88. The summed E-state index contributed by atoms with van der Waals surface area (Å²) >= 11 is 7.51. The first-order chi connectivity index (χ1) is 11.1. The van der Waals surface area contributed by atoms with E-state index >= 15 is 0 Å². The summed E-state index contributed by atoms with van der Waals surface area (Å²) in [5.74, 6) is -0.806. The summed E-state index contributed by atoms with van der Waals surface area (Å²) in [6, 6.07) is 8.41. The molecule has 2 aromatic rings. The number of hydrogen-bond acceptors (Lipinski definition) is 3. The molecule has 1 amide bonds. The number of hydrogen-bond donors (Lipinski definition) is 0. The third-order valence-electron chi connectivity index (χ3n) is 4.08. The van der Waals surface area contributed by atoms with Gasteiger partial charge in [-0.2, -0.15) is 0 Å². The van der Waals surface area contributed by atoms with Crippen LogP contribution in [-0.4, -0.2) is 48.4 Å². The lowest BCUT2D eigenvalue weighted by Gasteiger charge is -2.34. The zero-order chi connectivity index (χ0) is 16.2. The molecular formula is C17H18ClFN2OS. The lowest BCUT2D eigenvalue weighted by Crippen LogP contribution is -2.49. The maximum Gasteiger partial charge on any atom is 0.256 e. The molecule has 122 valence electrons. The predicted molar refractivity (Wildman–Crippen MR) is 91.8 cm³/mol. The summed E-state index contributed by atoms with van der Waals surface area (Å²) in [7, 11) is 0. The SMILES string of the molecule is O=C(c1ccc(Cl)cc1F)N1CCN(CCc2cccs2)CC1. The van der Waals surface area contributed by atoms with Crippen LogP contribution in [-0.2, 0) is 6.42 Å². The maximum absolute atomic E-state index is 13.9. The topological polar surface area (TPSA) is 23.6 Å². The van der Waals surface area contributed by atoms with Crippen molar-refractivity contribution in [3.63, 3.8) is 0 Å². The van der Waals surface area contributed by atoms with E-state index in [1.165, 1.54) is 17.0 Å². The van der Waals surface area contributed by atoms with Gasteiger partial charge in [0.1, 0.15) is 5.82 Å². The van der Waals surface area contributed by atoms with E-state index in [2.05, 4.69) is 22.4 Å². The smallest absolute Gasteiger partial charge is 0.256 e. The van der Waals surface area contributed by atoms with Gasteiger partial charge in [0.05, 0.1) is 5.56 Å². The van der Waals surface area contributed by atoms with Crippen LogP contribution in [0.5, 0.6) is 0 Å². The van der Waals surface area contributed by atoms with E-state index in [1.54, 1.807) is 22.3 Å². The molecule has 0 saturated carbocycles. The summed E-state index contributed by atoms with van der Waals surface area (Å²) in [6.07, 6.45) is 1.04. The van der Waals surface area contributed by atoms with Crippen molar-refractivity contribution in [2.24, 2.45) is 0 Å². The van der Waals surface area contributed by atoms with Gasteiger partial charge in [0, 0.05) is 42.6 Å². The Balaban J connectivity index is 1.53. The Kier molecular flexibility index (Phi) is 5.30. The Morgan fingerprint density at radius 3 is 2.65 bits per heavy atom. The molecule has 0 unspecified atom stereocenters. The second-order valence-electron chi connectivity index (χ2n) is 5.59. The van der Waals surface area contributed by atoms with E-state index in [0.29, 0.717) is 18.1 Å². The molecule has 1 aromatic carbocycles. The summed E-state index contributed by atoms with van der Waals surface area (Å²) in [5.41, 5.74) is 0.0986. The van der Waals surface area contributed by atoms with E-state index in [-0.39, 0.29) is 11.5 Å². The molecule has 1 aliphatic heterocycles. The van der Waals surface area contributed by atoms with E-state index in [1.807, 2.05) is 0 Å². The first kappa shape index (κ1) is 16.4. The Labute approximate surface area is 144 Å². The van der Waals surface area contributed by atoms with Crippen molar-refractivity contribution in [1.82, 2.24) is 9.80 Å². The number of halogens is 2. The summed E-state index contributed by atoms with van der Waals surface area (Å²) < 4.78 is 13.9. The minimum Gasteiger partial charge on any atom is -0.336 e. The Morgan fingerprint density at radius 1 is 1.22 bits per heavy atom. The molecule has 0 bridgehead atoms. The minimum absolute atomic E-state index is 0.0986. The number of carbonyl (C=O) groups is 1. The second-order valence-corrected chi connectivity index (χ2v) is 7.06. The molecular weight excluding hydrogens is 335 g/mol. The van der Waals surface area contributed by atoms with Gasteiger partial charge in [-0.1, -0.05) is 17.7 Å². The fourth-order valence-electron chi connectivity index (χ4n) is 2.73.